The first kappa shape index (κ1) is 19.8. The van der Waals surface area contributed by atoms with Crippen molar-refractivity contribution in [2.75, 3.05) is 26.2 Å². The number of hydrogen-bond donors (Lipinski definition) is 0. The van der Waals surface area contributed by atoms with Crippen molar-refractivity contribution < 1.29 is 9.32 Å². The number of rotatable bonds is 4. The molecule has 5 nitrogen and oxygen atoms in total. The molecule has 0 radical (unpaired) electrons. The van der Waals surface area contributed by atoms with Crippen LogP contribution in [0.1, 0.15) is 15.9 Å². The third kappa shape index (κ3) is 4.20. The number of carbonyl (C=O) groups is 1. The summed E-state index contributed by atoms with van der Waals surface area (Å²) in [6.45, 7) is 4.09. The Morgan fingerprint density at radius 1 is 0.935 bits per heavy atom. The molecule has 0 aliphatic carbocycles. The maximum atomic E-state index is 13.2. The Bertz CT molecular complexity index is 1200. The van der Waals surface area contributed by atoms with Crippen LogP contribution in [0, 0.1) is 0 Å². The zero-order valence-electron chi connectivity index (χ0n) is 17.0. The fourth-order valence-electron chi connectivity index (χ4n) is 4.02. The van der Waals surface area contributed by atoms with Crippen LogP contribution in [-0.4, -0.2) is 47.0 Å². The van der Waals surface area contributed by atoms with Gasteiger partial charge in [0.1, 0.15) is 5.52 Å². The highest BCUT2D eigenvalue weighted by Gasteiger charge is 2.23. The first-order valence-electron chi connectivity index (χ1n) is 10.4. The highest BCUT2D eigenvalue weighted by molar-refractivity contribution is 6.30. The second-order valence-electron chi connectivity index (χ2n) is 7.80. The summed E-state index contributed by atoms with van der Waals surface area (Å²) in [6.07, 6.45) is 0. The topological polar surface area (TPSA) is 49.6 Å². The van der Waals surface area contributed by atoms with Gasteiger partial charge < -0.3 is 9.42 Å². The van der Waals surface area contributed by atoms with Gasteiger partial charge in [0.25, 0.3) is 5.91 Å². The molecule has 1 fully saturated rings. The summed E-state index contributed by atoms with van der Waals surface area (Å²) < 4.78 is 5.57. The second kappa shape index (κ2) is 8.53. The Hall–Kier alpha value is -3.15. The van der Waals surface area contributed by atoms with Gasteiger partial charge in [0.2, 0.25) is 0 Å². The predicted molar refractivity (Wildman–Crippen MR) is 122 cm³/mol. The molecule has 1 aromatic heterocycles. The monoisotopic (exact) mass is 431 g/mol. The fourth-order valence-corrected chi connectivity index (χ4v) is 4.14. The lowest BCUT2D eigenvalue weighted by Gasteiger charge is -2.34. The van der Waals surface area contributed by atoms with Gasteiger partial charge in [0.05, 0.1) is 5.39 Å². The SMILES string of the molecule is O=C(c1ccc2noc(-c3ccc(Cl)cc3)c2c1)N1CCN(Cc2ccccc2)CC1. The Kier molecular flexibility index (Phi) is 5.45. The third-order valence-corrected chi connectivity index (χ3v) is 5.99. The molecular weight excluding hydrogens is 410 g/mol. The zero-order valence-corrected chi connectivity index (χ0v) is 17.8. The summed E-state index contributed by atoms with van der Waals surface area (Å²) in [7, 11) is 0. The van der Waals surface area contributed by atoms with E-state index in [1.165, 1.54) is 5.56 Å². The molecule has 6 heteroatoms. The van der Waals surface area contributed by atoms with Crippen LogP contribution in [0.15, 0.2) is 77.3 Å². The summed E-state index contributed by atoms with van der Waals surface area (Å²) >= 11 is 6.00. The lowest BCUT2D eigenvalue weighted by atomic mass is 10.1. The van der Waals surface area contributed by atoms with Gasteiger partial charge in [-0.2, -0.15) is 0 Å². The molecule has 5 rings (SSSR count). The maximum Gasteiger partial charge on any atom is 0.253 e. The number of halogens is 1. The highest BCUT2D eigenvalue weighted by atomic mass is 35.5. The van der Waals surface area contributed by atoms with E-state index in [2.05, 4.69) is 34.3 Å². The number of piperazine rings is 1. The van der Waals surface area contributed by atoms with Crippen molar-refractivity contribution in [2.24, 2.45) is 0 Å². The Balaban J connectivity index is 1.31. The van der Waals surface area contributed by atoms with E-state index in [4.69, 9.17) is 16.1 Å². The third-order valence-electron chi connectivity index (χ3n) is 5.74. The molecule has 1 aliphatic rings. The molecule has 1 saturated heterocycles. The first-order valence-corrected chi connectivity index (χ1v) is 10.8. The Morgan fingerprint density at radius 2 is 1.68 bits per heavy atom. The minimum atomic E-state index is 0.0458. The average molecular weight is 432 g/mol. The standard InChI is InChI=1S/C25H22ClN3O2/c26-21-9-6-19(7-10-21)24-22-16-20(8-11-23(22)27-31-24)25(30)29-14-12-28(13-15-29)17-18-4-2-1-3-5-18/h1-11,16H,12-15,17H2. The van der Waals surface area contributed by atoms with Gasteiger partial charge in [-0.1, -0.05) is 47.1 Å². The van der Waals surface area contributed by atoms with Crippen LogP contribution in [0.5, 0.6) is 0 Å². The molecule has 0 unspecified atom stereocenters. The number of nitrogens with zero attached hydrogens (tertiary/aromatic N) is 3. The lowest BCUT2D eigenvalue weighted by Crippen LogP contribution is -2.48. The lowest BCUT2D eigenvalue weighted by molar-refractivity contribution is 0.0628. The van der Waals surface area contributed by atoms with Crippen LogP contribution < -0.4 is 0 Å². The van der Waals surface area contributed by atoms with Crippen LogP contribution in [0.3, 0.4) is 0 Å². The minimum absolute atomic E-state index is 0.0458. The van der Waals surface area contributed by atoms with E-state index < -0.39 is 0 Å². The molecule has 1 aliphatic heterocycles. The van der Waals surface area contributed by atoms with Crippen LogP contribution >= 0.6 is 11.6 Å². The van der Waals surface area contributed by atoms with Crippen LogP contribution in [-0.2, 0) is 6.54 Å². The van der Waals surface area contributed by atoms with Gasteiger partial charge in [-0.3, -0.25) is 9.69 Å². The quantitative estimate of drug-likeness (QED) is 0.450. The Labute approximate surface area is 185 Å². The zero-order chi connectivity index (χ0) is 21.2. The van der Waals surface area contributed by atoms with Crippen molar-refractivity contribution >= 4 is 28.4 Å². The van der Waals surface area contributed by atoms with Crippen LogP contribution in [0.25, 0.3) is 22.2 Å². The average Bonchev–Trinajstić information content (AvgIpc) is 3.24. The predicted octanol–water partition coefficient (Wildman–Crippen LogP) is 5.11. The van der Waals surface area contributed by atoms with E-state index in [0.717, 1.165) is 49.2 Å². The van der Waals surface area contributed by atoms with E-state index in [1.807, 2.05) is 53.4 Å². The summed E-state index contributed by atoms with van der Waals surface area (Å²) in [5.74, 6) is 0.693. The van der Waals surface area contributed by atoms with Crippen molar-refractivity contribution in [1.29, 1.82) is 0 Å². The smallest absolute Gasteiger partial charge is 0.253 e. The summed E-state index contributed by atoms with van der Waals surface area (Å²) in [6, 6.07) is 23.4. The summed E-state index contributed by atoms with van der Waals surface area (Å²) in [5, 5.41) is 5.63. The minimum Gasteiger partial charge on any atom is -0.355 e. The molecule has 0 atom stereocenters. The molecule has 31 heavy (non-hydrogen) atoms. The molecule has 0 spiro atoms. The number of hydrogen-bond acceptors (Lipinski definition) is 4. The van der Waals surface area contributed by atoms with Crippen LogP contribution in [0.4, 0.5) is 0 Å². The van der Waals surface area contributed by atoms with E-state index >= 15 is 0 Å². The van der Waals surface area contributed by atoms with Crippen molar-refractivity contribution in [2.45, 2.75) is 6.54 Å². The number of benzene rings is 3. The summed E-state index contributed by atoms with van der Waals surface area (Å²) in [4.78, 5) is 17.5. The number of amides is 1. The largest absolute Gasteiger partial charge is 0.355 e. The van der Waals surface area contributed by atoms with Gasteiger partial charge in [-0.15, -0.1) is 0 Å². The van der Waals surface area contributed by atoms with Gasteiger partial charge in [-0.05, 0) is 48.0 Å². The fraction of sp³-hybridized carbons (Fsp3) is 0.200. The van der Waals surface area contributed by atoms with Crippen molar-refractivity contribution in [3.05, 3.63) is 88.9 Å². The molecule has 0 bridgehead atoms. The molecule has 156 valence electrons. The van der Waals surface area contributed by atoms with E-state index in [0.29, 0.717) is 16.3 Å². The molecule has 0 saturated carbocycles. The van der Waals surface area contributed by atoms with E-state index in [-0.39, 0.29) is 5.91 Å². The van der Waals surface area contributed by atoms with Crippen molar-refractivity contribution in [3.8, 4) is 11.3 Å². The molecule has 4 aromatic rings. The van der Waals surface area contributed by atoms with Gasteiger partial charge >= 0.3 is 0 Å². The van der Waals surface area contributed by atoms with Gasteiger partial charge in [0, 0.05) is 48.9 Å². The second-order valence-corrected chi connectivity index (χ2v) is 8.24. The highest BCUT2D eigenvalue weighted by Crippen LogP contribution is 2.30. The van der Waals surface area contributed by atoms with Crippen molar-refractivity contribution in [1.82, 2.24) is 15.0 Å². The maximum absolute atomic E-state index is 13.2. The van der Waals surface area contributed by atoms with E-state index in [1.54, 1.807) is 0 Å². The van der Waals surface area contributed by atoms with E-state index in [9.17, 15) is 4.79 Å². The van der Waals surface area contributed by atoms with Gasteiger partial charge in [-0.25, -0.2) is 0 Å². The number of fused-ring (bicyclic) bond motifs is 1. The number of aromatic nitrogens is 1. The normalized spacial score (nSPS) is 14.8. The summed E-state index contributed by atoms with van der Waals surface area (Å²) in [5.41, 5.74) is 3.57. The van der Waals surface area contributed by atoms with Crippen molar-refractivity contribution in [3.63, 3.8) is 0 Å². The first-order chi connectivity index (χ1) is 15.2. The van der Waals surface area contributed by atoms with Crippen LogP contribution in [0.2, 0.25) is 5.02 Å². The molecule has 3 aromatic carbocycles. The number of carbonyl (C=O) groups excluding carboxylic acids is 1. The Morgan fingerprint density at radius 3 is 2.42 bits per heavy atom. The molecule has 0 N–H and O–H groups in total. The molecular formula is C25H22ClN3O2. The molecule has 2 heterocycles. The molecule has 1 amide bonds. The van der Waals surface area contributed by atoms with Gasteiger partial charge in [0.15, 0.2) is 5.76 Å².